The number of hydrogen-bond acceptors (Lipinski definition) is 3. The fourth-order valence-electron chi connectivity index (χ4n) is 7.64. The first kappa shape index (κ1) is 18.4. The number of hydrogen-bond donors (Lipinski definition) is 1. The fraction of sp³-hybridized carbons (Fsp3) is 0.538. The van der Waals surface area contributed by atoms with Gasteiger partial charge < -0.3 is 9.77 Å². The van der Waals surface area contributed by atoms with Crippen molar-refractivity contribution in [1.29, 1.82) is 0 Å². The lowest BCUT2D eigenvalue weighted by Crippen LogP contribution is -2.49. The first-order valence-electron chi connectivity index (χ1n) is 11.6. The molecule has 1 aromatic heterocycles. The van der Waals surface area contributed by atoms with Gasteiger partial charge in [-0.2, -0.15) is 0 Å². The van der Waals surface area contributed by atoms with Crippen molar-refractivity contribution in [3.63, 3.8) is 0 Å². The molecule has 30 heavy (non-hydrogen) atoms. The molecule has 4 aliphatic carbocycles. The Bertz CT molecular complexity index is 1110. The Labute approximate surface area is 178 Å². The number of para-hydroxylation sites is 2. The van der Waals surface area contributed by atoms with Gasteiger partial charge in [0, 0.05) is 17.5 Å². The van der Waals surface area contributed by atoms with Crippen molar-refractivity contribution < 1.29 is 5.21 Å². The molecule has 5 atom stereocenters. The van der Waals surface area contributed by atoms with Gasteiger partial charge in [0.15, 0.2) is 0 Å². The molecule has 3 unspecified atom stereocenters. The second kappa shape index (κ2) is 6.32. The molecule has 2 saturated carbocycles. The summed E-state index contributed by atoms with van der Waals surface area (Å²) in [6.07, 6.45) is 14.9. The lowest BCUT2D eigenvalue weighted by atomic mass is 9.48. The number of nitrogens with zero attached hydrogens (tertiary/aromatic N) is 3. The van der Waals surface area contributed by atoms with Crippen molar-refractivity contribution in [2.45, 2.75) is 58.8 Å². The van der Waals surface area contributed by atoms with Gasteiger partial charge in [0.1, 0.15) is 6.33 Å². The standard InChI is InChI=1S/C26H31N3O/c1-25-13-11-18(28-30)15-17(25)7-8-19-20-9-10-24(26(20,2)14-12-21(19)25)29-16-27-22-5-3-4-6-23(22)29/h3-7,10,16,19-21,30H,8-9,11-15H2,1-2H3/b28-18+/t19?,20?,21?,25-,26-/m0/s1. The molecule has 1 aromatic carbocycles. The molecule has 0 amide bonds. The third kappa shape index (κ3) is 2.34. The van der Waals surface area contributed by atoms with Gasteiger partial charge >= 0.3 is 0 Å². The smallest absolute Gasteiger partial charge is 0.100 e. The van der Waals surface area contributed by atoms with Crippen LogP contribution in [0.15, 0.2) is 53.5 Å². The maximum atomic E-state index is 9.30. The summed E-state index contributed by atoms with van der Waals surface area (Å²) in [5.41, 5.74) is 6.79. The Morgan fingerprint density at radius 2 is 1.93 bits per heavy atom. The lowest BCUT2D eigenvalue weighted by molar-refractivity contribution is -0.00599. The summed E-state index contributed by atoms with van der Waals surface area (Å²) in [6, 6.07) is 8.50. The minimum atomic E-state index is 0.221. The lowest BCUT2D eigenvalue weighted by Gasteiger charge is -2.57. The van der Waals surface area contributed by atoms with Gasteiger partial charge in [0.25, 0.3) is 0 Å². The Hall–Kier alpha value is -2.36. The molecular weight excluding hydrogens is 370 g/mol. The minimum absolute atomic E-state index is 0.221. The van der Waals surface area contributed by atoms with Crippen LogP contribution < -0.4 is 0 Å². The van der Waals surface area contributed by atoms with E-state index < -0.39 is 0 Å². The first-order chi connectivity index (χ1) is 14.5. The minimum Gasteiger partial charge on any atom is -0.411 e. The van der Waals surface area contributed by atoms with Crippen LogP contribution in [0, 0.1) is 28.6 Å². The Morgan fingerprint density at radius 1 is 1.07 bits per heavy atom. The third-order valence-corrected chi connectivity index (χ3v) is 9.35. The SMILES string of the molecule is C[C@]12CC/C(=N\O)CC1=CCC1C2CC[C@]2(C)C(n3cnc4ccccc43)=CCC12. The fourth-order valence-corrected chi connectivity index (χ4v) is 7.64. The summed E-state index contributed by atoms with van der Waals surface area (Å²) < 4.78 is 2.37. The van der Waals surface area contributed by atoms with Gasteiger partial charge in [-0.05, 0) is 73.8 Å². The van der Waals surface area contributed by atoms with E-state index in [1.807, 2.05) is 6.33 Å². The third-order valence-electron chi connectivity index (χ3n) is 9.35. The number of rotatable bonds is 1. The van der Waals surface area contributed by atoms with E-state index in [9.17, 15) is 5.21 Å². The molecule has 1 heterocycles. The second-order valence-electron chi connectivity index (χ2n) is 10.5. The van der Waals surface area contributed by atoms with Crippen LogP contribution in [0.5, 0.6) is 0 Å². The average Bonchev–Trinajstić information content (AvgIpc) is 3.33. The van der Waals surface area contributed by atoms with E-state index in [1.165, 1.54) is 42.5 Å². The predicted molar refractivity (Wildman–Crippen MR) is 120 cm³/mol. The van der Waals surface area contributed by atoms with E-state index in [4.69, 9.17) is 0 Å². The molecule has 156 valence electrons. The molecule has 2 aromatic rings. The van der Waals surface area contributed by atoms with E-state index in [-0.39, 0.29) is 10.8 Å². The number of imidazole rings is 1. The van der Waals surface area contributed by atoms with Crippen LogP contribution in [0.4, 0.5) is 0 Å². The summed E-state index contributed by atoms with van der Waals surface area (Å²) in [4.78, 5) is 4.67. The zero-order valence-electron chi connectivity index (χ0n) is 18.0. The van der Waals surface area contributed by atoms with E-state index >= 15 is 0 Å². The highest BCUT2D eigenvalue weighted by Gasteiger charge is 2.57. The molecule has 4 nitrogen and oxygen atoms in total. The quantitative estimate of drug-likeness (QED) is 0.347. The molecule has 1 N–H and O–H groups in total. The maximum absolute atomic E-state index is 9.30. The number of fused-ring (bicyclic) bond motifs is 6. The number of benzene rings is 1. The van der Waals surface area contributed by atoms with E-state index in [1.54, 1.807) is 0 Å². The molecule has 4 aliphatic rings. The highest BCUT2D eigenvalue weighted by molar-refractivity contribution is 5.87. The Balaban J connectivity index is 1.35. The highest BCUT2D eigenvalue weighted by Crippen LogP contribution is 2.65. The van der Waals surface area contributed by atoms with Crippen molar-refractivity contribution >= 4 is 22.4 Å². The monoisotopic (exact) mass is 401 g/mol. The summed E-state index contributed by atoms with van der Waals surface area (Å²) in [5.74, 6) is 2.20. The van der Waals surface area contributed by atoms with Gasteiger partial charge in [-0.3, -0.25) is 0 Å². The summed E-state index contributed by atoms with van der Waals surface area (Å²) >= 11 is 0. The van der Waals surface area contributed by atoms with Gasteiger partial charge in [0.2, 0.25) is 0 Å². The topological polar surface area (TPSA) is 50.4 Å². The number of aromatic nitrogens is 2. The largest absolute Gasteiger partial charge is 0.411 e. The zero-order valence-corrected chi connectivity index (χ0v) is 18.0. The Kier molecular flexibility index (Phi) is 3.88. The van der Waals surface area contributed by atoms with Gasteiger partial charge in [-0.15, -0.1) is 0 Å². The molecular formula is C26H31N3O. The van der Waals surface area contributed by atoms with Crippen molar-refractivity contribution in [2.24, 2.45) is 33.7 Å². The summed E-state index contributed by atoms with van der Waals surface area (Å²) in [7, 11) is 0. The zero-order chi connectivity index (χ0) is 20.5. The molecule has 0 spiro atoms. The van der Waals surface area contributed by atoms with Gasteiger partial charge in [-0.25, -0.2) is 4.98 Å². The summed E-state index contributed by atoms with van der Waals surface area (Å²) in [5, 5.41) is 12.9. The van der Waals surface area contributed by atoms with Crippen LogP contribution >= 0.6 is 0 Å². The molecule has 6 rings (SSSR count). The van der Waals surface area contributed by atoms with Crippen molar-refractivity contribution in [3.05, 3.63) is 48.3 Å². The van der Waals surface area contributed by atoms with Crippen LogP contribution in [-0.4, -0.2) is 20.5 Å². The van der Waals surface area contributed by atoms with Gasteiger partial charge in [-0.1, -0.05) is 48.9 Å². The van der Waals surface area contributed by atoms with Crippen LogP contribution in [0.1, 0.15) is 58.8 Å². The van der Waals surface area contributed by atoms with Crippen molar-refractivity contribution in [3.8, 4) is 0 Å². The Morgan fingerprint density at radius 3 is 2.80 bits per heavy atom. The van der Waals surface area contributed by atoms with Crippen LogP contribution in [0.2, 0.25) is 0 Å². The second-order valence-corrected chi connectivity index (χ2v) is 10.5. The highest BCUT2D eigenvalue weighted by atomic mass is 16.4. The van der Waals surface area contributed by atoms with E-state index in [0.29, 0.717) is 5.92 Å². The molecule has 0 aliphatic heterocycles. The average molecular weight is 402 g/mol. The van der Waals surface area contributed by atoms with Crippen LogP contribution in [0.25, 0.3) is 16.7 Å². The number of allylic oxidation sites excluding steroid dienone is 4. The molecule has 0 radical (unpaired) electrons. The van der Waals surface area contributed by atoms with Gasteiger partial charge in [0.05, 0.1) is 16.7 Å². The van der Waals surface area contributed by atoms with E-state index in [0.717, 1.165) is 42.3 Å². The van der Waals surface area contributed by atoms with E-state index in [2.05, 4.69) is 65.0 Å². The summed E-state index contributed by atoms with van der Waals surface area (Å²) in [6.45, 7) is 5.01. The molecule has 0 saturated heterocycles. The first-order valence-corrected chi connectivity index (χ1v) is 11.6. The number of oxime groups is 1. The van der Waals surface area contributed by atoms with Crippen LogP contribution in [-0.2, 0) is 0 Å². The van der Waals surface area contributed by atoms with Crippen molar-refractivity contribution in [1.82, 2.24) is 9.55 Å². The predicted octanol–water partition coefficient (Wildman–Crippen LogP) is 6.28. The molecule has 2 fully saturated rings. The van der Waals surface area contributed by atoms with Crippen LogP contribution in [0.3, 0.4) is 0 Å². The van der Waals surface area contributed by atoms with Crippen molar-refractivity contribution in [2.75, 3.05) is 0 Å². The normalized spacial score (nSPS) is 39.3. The maximum Gasteiger partial charge on any atom is 0.100 e. The molecule has 4 heteroatoms. The molecule has 0 bridgehead atoms.